The Morgan fingerprint density at radius 1 is 1.20 bits per heavy atom. The summed E-state index contributed by atoms with van der Waals surface area (Å²) in [5.74, 6) is 0. The fourth-order valence-corrected chi connectivity index (χ4v) is 0.287. The fourth-order valence-electron chi connectivity index (χ4n) is 0.287. The average molecular weight is 216 g/mol. The van der Waals surface area contributed by atoms with Crippen LogP contribution in [0.3, 0.4) is 0 Å². The Morgan fingerprint density at radius 2 is 1.50 bits per heavy atom. The SMILES string of the molecule is C=CCNCC=C.[Cl][Ti][Cl]. The van der Waals surface area contributed by atoms with E-state index in [1.165, 1.54) is 0 Å². The molecule has 0 rings (SSSR count). The maximum atomic E-state index is 4.89. The van der Waals surface area contributed by atoms with E-state index in [0.717, 1.165) is 13.1 Å². The predicted molar refractivity (Wildman–Crippen MR) is 45.0 cm³/mol. The van der Waals surface area contributed by atoms with Gasteiger partial charge in [-0.05, 0) is 0 Å². The summed E-state index contributed by atoms with van der Waals surface area (Å²) in [5.41, 5.74) is 0. The zero-order valence-electron chi connectivity index (χ0n) is 5.74. The number of nitrogens with one attached hydrogen (secondary N) is 1. The van der Waals surface area contributed by atoms with Crippen LogP contribution in [0.4, 0.5) is 0 Å². The van der Waals surface area contributed by atoms with Gasteiger partial charge in [0.15, 0.2) is 0 Å². The van der Waals surface area contributed by atoms with Crippen LogP contribution in [-0.4, -0.2) is 13.1 Å². The van der Waals surface area contributed by atoms with Crippen molar-refractivity contribution < 1.29 is 17.0 Å². The zero-order valence-corrected chi connectivity index (χ0v) is 8.81. The van der Waals surface area contributed by atoms with E-state index in [0.29, 0.717) is 0 Å². The van der Waals surface area contributed by atoms with E-state index in [9.17, 15) is 0 Å². The first-order valence-corrected chi connectivity index (χ1v) is 7.02. The third kappa shape index (κ3) is 23.3. The van der Waals surface area contributed by atoms with E-state index in [-0.39, 0.29) is 0 Å². The van der Waals surface area contributed by atoms with E-state index in [1.54, 1.807) is 0 Å². The van der Waals surface area contributed by atoms with E-state index >= 15 is 0 Å². The van der Waals surface area contributed by atoms with E-state index in [1.807, 2.05) is 12.2 Å². The summed E-state index contributed by atoms with van der Waals surface area (Å²) in [6.07, 6.45) is 3.65. The van der Waals surface area contributed by atoms with Crippen molar-refractivity contribution in [3.05, 3.63) is 25.3 Å². The zero-order chi connectivity index (χ0) is 8.24. The second kappa shape index (κ2) is 16.4. The molecule has 1 N–H and O–H groups in total. The molecule has 0 bridgehead atoms. The molecule has 1 nitrogen and oxygen atoms in total. The van der Waals surface area contributed by atoms with Crippen molar-refractivity contribution in [3.8, 4) is 0 Å². The molecule has 10 heavy (non-hydrogen) atoms. The number of hydrogen-bond acceptors (Lipinski definition) is 1. The minimum absolute atomic E-state index is 0.556. The van der Waals surface area contributed by atoms with Crippen molar-refractivity contribution in [2.75, 3.05) is 13.1 Å². The molecule has 0 heterocycles. The topological polar surface area (TPSA) is 12.0 Å². The molecule has 0 aliphatic heterocycles. The second-order valence-corrected chi connectivity index (χ2v) is 3.89. The molecular weight excluding hydrogens is 205 g/mol. The Bertz CT molecular complexity index is 70.1. The summed E-state index contributed by atoms with van der Waals surface area (Å²) in [6, 6.07) is 0. The standard InChI is InChI=1S/C6H11N.2ClH.Ti/c1-3-5-7-6-4-2;;;/h3-4,7H,1-2,5-6H2;2*1H;/q;;;+2/p-2. The predicted octanol–water partition coefficient (Wildman–Crippen LogP) is 2.32. The summed E-state index contributed by atoms with van der Waals surface area (Å²) < 4.78 is 0. The van der Waals surface area contributed by atoms with Gasteiger partial charge < -0.3 is 5.32 Å². The Labute approximate surface area is 79.2 Å². The van der Waals surface area contributed by atoms with Crippen LogP contribution in [0.15, 0.2) is 25.3 Å². The van der Waals surface area contributed by atoms with E-state index in [4.69, 9.17) is 18.6 Å². The molecule has 0 aromatic rings. The average Bonchev–Trinajstić information content (AvgIpc) is 1.91. The molecule has 0 unspecified atom stereocenters. The Kier molecular flexibility index (Phi) is 21.8. The normalized spacial score (nSPS) is 7.00. The number of halogens is 2. The maximum absolute atomic E-state index is 4.89. The molecule has 0 amide bonds. The van der Waals surface area contributed by atoms with Gasteiger partial charge in [-0.15, -0.1) is 13.2 Å². The van der Waals surface area contributed by atoms with Gasteiger partial charge in [0, 0.05) is 13.1 Å². The fraction of sp³-hybridized carbons (Fsp3) is 0.333. The molecule has 0 aromatic heterocycles. The molecule has 0 aromatic carbocycles. The molecule has 0 saturated heterocycles. The molecule has 0 aliphatic carbocycles. The minimum atomic E-state index is -0.556. The second-order valence-electron chi connectivity index (χ2n) is 1.31. The summed E-state index contributed by atoms with van der Waals surface area (Å²) in [5, 5.41) is 3.05. The third-order valence-corrected chi connectivity index (χ3v) is 0.577. The van der Waals surface area contributed by atoms with Crippen LogP contribution in [0.5, 0.6) is 0 Å². The van der Waals surface area contributed by atoms with Gasteiger partial charge >= 0.3 is 35.6 Å². The van der Waals surface area contributed by atoms with Crippen molar-refractivity contribution >= 4 is 18.6 Å². The van der Waals surface area contributed by atoms with Gasteiger partial charge in [0.05, 0.1) is 0 Å². The van der Waals surface area contributed by atoms with Crippen LogP contribution in [-0.2, 0) is 17.0 Å². The monoisotopic (exact) mass is 215 g/mol. The molecule has 58 valence electrons. The molecule has 0 saturated carbocycles. The van der Waals surface area contributed by atoms with Crippen LogP contribution in [0.2, 0.25) is 0 Å². The third-order valence-electron chi connectivity index (χ3n) is 0.577. The van der Waals surface area contributed by atoms with Gasteiger partial charge in [-0.1, -0.05) is 12.2 Å². The van der Waals surface area contributed by atoms with Crippen LogP contribution in [0.25, 0.3) is 0 Å². The van der Waals surface area contributed by atoms with Crippen LogP contribution < -0.4 is 5.32 Å². The van der Waals surface area contributed by atoms with E-state index < -0.39 is 17.0 Å². The number of hydrogen-bond donors (Lipinski definition) is 1. The van der Waals surface area contributed by atoms with Crippen LogP contribution in [0.1, 0.15) is 0 Å². The van der Waals surface area contributed by atoms with Crippen molar-refractivity contribution in [3.63, 3.8) is 0 Å². The van der Waals surface area contributed by atoms with Gasteiger partial charge in [-0.3, -0.25) is 0 Å². The molecule has 0 fully saturated rings. The summed E-state index contributed by atoms with van der Waals surface area (Å²) in [7, 11) is 9.78. The molecule has 0 atom stereocenters. The molecule has 0 aliphatic rings. The van der Waals surface area contributed by atoms with Gasteiger partial charge in [-0.25, -0.2) is 0 Å². The van der Waals surface area contributed by atoms with Gasteiger partial charge in [0.2, 0.25) is 0 Å². The molecule has 4 heteroatoms. The Hall–Kier alpha value is 0.734. The van der Waals surface area contributed by atoms with E-state index in [2.05, 4.69) is 18.5 Å². The van der Waals surface area contributed by atoms with Crippen LogP contribution >= 0.6 is 18.6 Å². The first-order valence-electron chi connectivity index (χ1n) is 2.72. The number of rotatable bonds is 4. The Balaban J connectivity index is 0. The van der Waals surface area contributed by atoms with Crippen molar-refractivity contribution in [2.24, 2.45) is 0 Å². The van der Waals surface area contributed by atoms with Gasteiger partial charge in [0.25, 0.3) is 0 Å². The summed E-state index contributed by atoms with van der Waals surface area (Å²) in [6.45, 7) is 8.81. The van der Waals surface area contributed by atoms with Gasteiger partial charge in [0.1, 0.15) is 0 Å². The van der Waals surface area contributed by atoms with Crippen LogP contribution in [0, 0.1) is 0 Å². The molecule has 0 radical (unpaired) electrons. The summed E-state index contributed by atoms with van der Waals surface area (Å²) >= 11 is -0.556. The van der Waals surface area contributed by atoms with Crippen molar-refractivity contribution in [1.29, 1.82) is 0 Å². The molecule has 0 spiro atoms. The molecular formula is C6H11Cl2NTi. The quantitative estimate of drug-likeness (QED) is 0.432. The van der Waals surface area contributed by atoms with Gasteiger partial charge in [-0.2, -0.15) is 0 Å². The Morgan fingerprint density at radius 3 is 1.70 bits per heavy atom. The van der Waals surface area contributed by atoms with Crippen molar-refractivity contribution in [2.45, 2.75) is 0 Å². The summed E-state index contributed by atoms with van der Waals surface area (Å²) in [4.78, 5) is 0. The first-order chi connectivity index (χ1) is 4.83. The van der Waals surface area contributed by atoms with Crippen molar-refractivity contribution in [1.82, 2.24) is 5.32 Å². The first kappa shape index (κ1) is 13.3.